The molecule has 1 rings (SSSR count). The molecule has 1 aromatic carbocycles. The summed E-state index contributed by atoms with van der Waals surface area (Å²) in [7, 11) is 0. The number of aliphatic hydroxyl groups is 1. The predicted molar refractivity (Wildman–Crippen MR) is 78.1 cm³/mol. The van der Waals surface area contributed by atoms with Crippen molar-refractivity contribution >= 4 is 0 Å². The Morgan fingerprint density at radius 3 is 2.05 bits per heavy atom. The van der Waals surface area contributed by atoms with E-state index in [9.17, 15) is 18.3 Å². The summed E-state index contributed by atoms with van der Waals surface area (Å²) in [5.74, 6) is 0.708. The molecule has 22 heavy (non-hydrogen) atoms. The van der Waals surface area contributed by atoms with E-state index in [-0.39, 0.29) is 35.5 Å². The summed E-state index contributed by atoms with van der Waals surface area (Å²) >= 11 is 0. The first-order valence-electron chi connectivity index (χ1n) is 7.25. The second-order valence-electron chi connectivity index (χ2n) is 6.05. The number of hydrogen-bond donors (Lipinski definition) is 1. The van der Waals surface area contributed by atoms with Gasteiger partial charge >= 0.3 is 6.18 Å². The van der Waals surface area contributed by atoms with E-state index < -0.39 is 12.3 Å². The number of ether oxygens (including phenoxy) is 2. The molecule has 0 aromatic heterocycles. The second-order valence-corrected chi connectivity index (χ2v) is 6.05. The van der Waals surface area contributed by atoms with Gasteiger partial charge in [-0.15, -0.1) is 0 Å². The molecular formula is C16H23F3O3. The average molecular weight is 320 g/mol. The lowest BCUT2D eigenvalue weighted by molar-refractivity contribution is -0.207. The number of alkyl halides is 3. The van der Waals surface area contributed by atoms with Gasteiger partial charge in [0.1, 0.15) is 11.5 Å². The van der Waals surface area contributed by atoms with Gasteiger partial charge in [-0.3, -0.25) is 0 Å². The molecular weight excluding hydrogens is 297 g/mol. The van der Waals surface area contributed by atoms with Gasteiger partial charge in [-0.05, 0) is 30.0 Å². The Morgan fingerprint density at radius 1 is 1.00 bits per heavy atom. The maximum atomic E-state index is 12.8. The van der Waals surface area contributed by atoms with Crippen LogP contribution in [0.2, 0.25) is 0 Å². The highest BCUT2D eigenvalue weighted by Gasteiger charge is 2.41. The molecule has 1 unspecified atom stereocenters. The van der Waals surface area contributed by atoms with Crippen LogP contribution < -0.4 is 9.47 Å². The maximum Gasteiger partial charge on any atom is 0.418 e. The van der Waals surface area contributed by atoms with Crippen molar-refractivity contribution in [1.29, 1.82) is 0 Å². The number of halogens is 3. The van der Waals surface area contributed by atoms with E-state index in [1.54, 1.807) is 6.07 Å². The van der Waals surface area contributed by atoms with Gasteiger partial charge in [0.25, 0.3) is 0 Å². The maximum absolute atomic E-state index is 12.8. The minimum absolute atomic E-state index is 0.0235. The molecule has 1 aromatic rings. The molecule has 0 radical (unpaired) electrons. The average Bonchev–Trinajstić information content (AvgIpc) is 2.41. The van der Waals surface area contributed by atoms with Crippen molar-refractivity contribution in [2.45, 2.75) is 40.0 Å². The van der Waals surface area contributed by atoms with E-state index in [2.05, 4.69) is 0 Å². The lowest BCUT2D eigenvalue weighted by Crippen LogP contribution is -2.21. The number of hydrogen-bond acceptors (Lipinski definition) is 3. The Morgan fingerprint density at radius 2 is 1.55 bits per heavy atom. The summed E-state index contributed by atoms with van der Waals surface area (Å²) in [6, 6.07) is 4.14. The van der Waals surface area contributed by atoms with Gasteiger partial charge in [0.05, 0.1) is 13.2 Å². The Kier molecular flexibility index (Phi) is 6.53. The van der Waals surface area contributed by atoms with Gasteiger partial charge in [0.15, 0.2) is 6.10 Å². The Hall–Kier alpha value is -1.43. The molecule has 0 spiro atoms. The van der Waals surface area contributed by atoms with Crippen molar-refractivity contribution in [3.8, 4) is 11.5 Å². The summed E-state index contributed by atoms with van der Waals surface area (Å²) in [6.07, 6.45) is -7.36. The van der Waals surface area contributed by atoms with E-state index in [1.165, 1.54) is 12.1 Å². The number of benzene rings is 1. The molecule has 0 saturated carbocycles. The fourth-order valence-corrected chi connectivity index (χ4v) is 1.66. The highest BCUT2D eigenvalue weighted by Crippen LogP contribution is 2.39. The van der Waals surface area contributed by atoms with Crippen LogP contribution in [0.25, 0.3) is 0 Å². The van der Waals surface area contributed by atoms with Gasteiger partial charge in [-0.2, -0.15) is 13.2 Å². The molecule has 1 atom stereocenters. The summed E-state index contributed by atoms with van der Waals surface area (Å²) in [5, 5.41) is 9.54. The first kappa shape index (κ1) is 18.6. The highest BCUT2D eigenvalue weighted by atomic mass is 19.4. The molecule has 0 saturated heterocycles. The minimum atomic E-state index is -4.76. The fourth-order valence-electron chi connectivity index (χ4n) is 1.66. The minimum Gasteiger partial charge on any atom is -0.493 e. The van der Waals surface area contributed by atoms with Crippen LogP contribution in [0.4, 0.5) is 13.2 Å². The molecule has 0 bridgehead atoms. The predicted octanol–water partition coefficient (Wildman–Crippen LogP) is 4.35. The van der Waals surface area contributed by atoms with Gasteiger partial charge in [0.2, 0.25) is 0 Å². The highest BCUT2D eigenvalue weighted by molar-refractivity contribution is 5.42. The molecule has 0 amide bonds. The van der Waals surface area contributed by atoms with E-state index in [0.29, 0.717) is 6.61 Å². The third-order valence-electron chi connectivity index (χ3n) is 2.74. The third-order valence-corrected chi connectivity index (χ3v) is 2.74. The van der Waals surface area contributed by atoms with Gasteiger partial charge in [-0.1, -0.05) is 27.7 Å². The van der Waals surface area contributed by atoms with Crippen LogP contribution in [-0.4, -0.2) is 24.5 Å². The van der Waals surface area contributed by atoms with Crippen LogP contribution in [0.15, 0.2) is 18.2 Å². The van der Waals surface area contributed by atoms with Crippen LogP contribution in [0, 0.1) is 11.8 Å². The van der Waals surface area contributed by atoms with Crippen molar-refractivity contribution < 1.29 is 27.8 Å². The SMILES string of the molecule is CC(C)COc1ccc(OCC(C)C)c(C(O)C(F)(F)F)c1. The van der Waals surface area contributed by atoms with Crippen molar-refractivity contribution in [1.82, 2.24) is 0 Å². The quantitative estimate of drug-likeness (QED) is 0.811. The first-order chi connectivity index (χ1) is 10.1. The molecule has 6 heteroatoms. The molecule has 126 valence electrons. The zero-order chi connectivity index (χ0) is 16.9. The fraction of sp³-hybridized carbons (Fsp3) is 0.625. The van der Waals surface area contributed by atoms with Gasteiger partial charge in [-0.25, -0.2) is 0 Å². The van der Waals surface area contributed by atoms with Crippen LogP contribution in [-0.2, 0) is 0 Å². The van der Waals surface area contributed by atoms with E-state index in [4.69, 9.17) is 9.47 Å². The Labute approximate surface area is 129 Å². The lowest BCUT2D eigenvalue weighted by atomic mass is 10.1. The monoisotopic (exact) mass is 320 g/mol. The normalized spacial score (nSPS) is 13.5. The van der Waals surface area contributed by atoms with Crippen molar-refractivity contribution in [3.63, 3.8) is 0 Å². The van der Waals surface area contributed by atoms with Gasteiger partial charge < -0.3 is 14.6 Å². The molecule has 0 fully saturated rings. The van der Waals surface area contributed by atoms with Crippen molar-refractivity contribution in [2.75, 3.05) is 13.2 Å². The summed E-state index contributed by atoms with van der Waals surface area (Å²) < 4.78 is 49.2. The topological polar surface area (TPSA) is 38.7 Å². The molecule has 3 nitrogen and oxygen atoms in total. The van der Waals surface area contributed by atoms with Crippen LogP contribution in [0.1, 0.15) is 39.4 Å². The van der Waals surface area contributed by atoms with Crippen LogP contribution in [0.5, 0.6) is 11.5 Å². The number of aliphatic hydroxyl groups excluding tert-OH is 1. The first-order valence-corrected chi connectivity index (χ1v) is 7.25. The zero-order valence-corrected chi connectivity index (χ0v) is 13.3. The molecule has 0 aliphatic heterocycles. The van der Waals surface area contributed by atoms with Crippen molar-refractivity contribution in [2.24, 2.45) is 11.8 Å². The van der Waals surface area contributed by atoms with E-state index in [1.807, 2.05) is 27.7 Å². The summed E-state index contributed by atoms with van der Waals surface area (Å²) in [6.45, 7) is 8.30. The molecule has 1 N–H and O–H groups in total. The molecule has 0 heterocycles. The Balaban J connectivity index is 3.05. The van der Waals surface area contributed by atoms with E-state index in [0.717, 1.165) is 0 Å². The summed E-state index contributed by atoms with van der Waals surface area (Å²) in [4.78, 5) is 0. The zero-order valence-electron chi connectivity index (χ0n) is 13.3. The standard InChI is InChI=1S/C16H23F3O3/c1-10(2)8-21-12-5-6-14(22-9-11(3)4)13(7-12)15(20)16(17,18)19/h5-7,10-11,15,20H,8-9H2,1-4H3. The second kappa shape index (κ2) is 7.72. The molecule has 0 aliphatic rings. The largest absolute Gasteiger partial charge is 0.493 e. The van der Waals surface area contributed by atoms with E-state index >= 15 is 0 Å². The van der Waals surface area contributed by atoms with Crippen LogP contribution in [0.3, 0.4) is 0 Å². The van der Waals surface area contributed by atoms with Gasteiger partial charge in [0, 0.05) is 5.56 Å². The third kappa shape index (κ3) is 5.75. The number of rotatable bonds is 7. The smallest absolute Gasteiger partial charge is 0.418 e. The molecule has 0 aliphatic carbocycles. The summed E-state index contributed by atoms with van der Waals surface area (Å²) in [5.41, 5.74) is -0.325. The Bertz CT molecular complexity index is 470. The van der Waals surface area contributed by atoms with Crippen LogP contribution >= 0.6 is 0 Å². The lowest BCUT2D eigenvalue weighted by Gasteiger charge is -2.20. The van der Waals surface area contributed by atoms with Crippen molar-refractivity contribution in [3.05, 3.63) is 23.8 Å².